The van der Waals surface area contributed by atoms with E-state index in [2.05, 4.69) is 170 Å². The van der Waals surface area contributed by atoms with Crippen LogP contribution in [0, 0.1) is 0 Å². The lowest BCUT2D eigenvalue weighted by Crippen LogP contribution is -2.65. The van der Waals surface area contributed by atoms with Crippen molar-refractivity contribution in [3.63, 3.8) is 0 Å². The summed E-state index contributed by atoms with van der Waals surface area (Å²) in [6, 6.07) is 63.4. The zero-order valence-electron chi connectivity index (χ0n) is 34.5. The Morgan fingerprint density at radius 3 is 1.30 bits per heavy atom. The molecule has 4 atom stereocenters. The highest BCUT2D eigenvalue weighted by atomic mass is 28.4. The highest BCUT2D eigenvalue weighted by molar-refractivity contribution is 6.97. The third kappa shape index (κ3) is 7.83. The van der Waals surface area contributed by atoms with Crippen LogP contribution < -0.4 is 36.9 Å². The van der Waals surface area contributed by atoms with Gasteiger partial charge in [0.15, 0.2) is 17.7 Å². The fraction of sp³-hybridized carbons (Fsp3) is 0.163. The van der Waals surface area contributed by atoms with Crippen molar-refractivity contribution >= 4 is 73.1 Å². The van der Waals surface area contributed by atoms with Crippen molar-refractivity contribution in [1.29, 1.82) is 0 Å². The summed E-state index contributed by atoms with van der Waals surface area (Å²) in [6.45, 7) is 7.04. The number of nitrogens with zero attached hydrogens (tertiary/aromatic N) is 4. The van der Waals surface area contributed by atoms with Crippen molar-refractivity contribution in [2.75, 3.05) is 12.3 Å². The summed E-state index contributed by atoms with van der Waals surface area (Å²) in [5, 5.41) is 6.84. The summed E-state index contributed by atoms with van der Waals surface area (Å²) in [5.74, 6) is 0.292. The molecule has 0 saturated carbocycles. The van der Waals surface area contributed by atoms with Crippen LogP contribution in [0.3, 0.4) is 0 Å². The fourth-order valence-electron chi connectivity index (χ4n) is 8.66. The van der Waals surface area contributed by atoms with Gasteiger partial charge in [-0.3, -0.25) is 4.57 Å². The zero-order chi connectivity index (χ0) is 41.9. The van der Waals surface area contributed by atoms with Crippen LogP contribution in [0.2, 0.25) is 19.6 Å². The molecule has 2 aromatic heterocycles. The molecule has 61 heavy (non-hydrogen) atoms. The van der Waals surface area contributed by atoms with Crippen molar-refractivity contribution < 1.29 is 18.0 Å². The summed E-state index contributed by atoms with van der Waals surface area (Å²) in [5.41, 5.74) is 7.45. The van der Waals surface area contributed by atoms with Crippen LogP contribution in [-0.4, -0.2) is 69.4 Å². The van der Waals surface area contributed by atoms with E-state index < -0.39 is 49.5 Å². The van der Waals surface area contributed by atoms with Gasteiger partial charge in [-0.05, 0) is 50.8 Å². The maximum absolute atomic E-state index is 7.91. The number of fused-ring (bicyclic) bond motifs is 1. The molecule has 0 spiro atoms. The van der Waals surface area contributed by atoms with E-state index in [9.17, 15) is 0 Å². The Morgan fingerprint density at radius 2 is 0.885 bits per heavy atom. The summed E-state index contributed by atoms with van der Waals surface area (Å²) < 4.78 is 32.5. The van der Waals surface area contributed by atoms with Crippen LogP contribution in [0.25, 0.3) is 11.2 Å². The quantitative estimate of drug-likeness (QED) is 0.148. The van der Waals surface area contributed by atoms with Crippen molar-refractivity contribution in [1.82, 2.24) is 19.5 Å². The number of hydrogen-bond donors (Lipinski definition) is 1. The van der Waals surface area contributed by atoms with Gasteiger partial charge in [0.05, 0.1) is 12.9 Å². The highest BCUT2D eigenvalue weighted by Gasteiger charge is 2.55. The average Bonchev–Trinajstić information content (AvgIpc) is 3.91. The molecular weight excluding hydrogens is 807 g/mol. The number of ether oxygens (including phenoxy) is 1. The molecule has 9 rings (SSSR count). The summed E-state index contributed by atoms with van der Waals surface area (Å²) in [7, 11) is -8.87. The van der Waals surface area contributed by atoms with Gasteiger partial charge >= 0.3 is 0 Å². The number of rotatable bonds is 14. The van der Waals surface area contributed by atoms with Crippen molar-refractivity contribution in [2.45, 2.75) is 44.2 Å². The van der Waals surface area contributed by atoms with Gasteiger partial charge in [0.25, 0.3) is 25.0 Å². The Bertz CT molecular complexity index is 2550. The first-order valence-corrected chi connectivity index (χ1v) is 27.9. The van der Waals surface area contributed by atoms with E-state index in [1.54, 1.807) is 6.33 Å². The molecule has 2 N–H and O–H groups in total. The number of benzene rings is 6. The maximum atomic E-state index is 7.91. The predicted molar refractivity (Wildman–Crippen MR) is 251 cm³/mol. The third-order valence-electron chi connectivity index (χ3n) is 12.2. The lowest BCUT2D eigenvalue weighted by Gasteiger charge is -2.39. The first-order chi connectivity index (χ1) is 29.8. The molecule has 9 nitrogen and oxygen atoms in total. The minimum atomic E-state index is -3.04. The van der Waals surface area contributed by atoms with Crippen LogP contribution in [0.15, 0.2) is 195 Å². The summed E-state index contributed by atoms with van der Waals surface area (Å²) in [4.78, 5) is 13.7. The molecule has 1 aliphatic heterocycles. The normalized spacial score (nSPS) is 18.3. The molecule has 8 aromatic rings. The molecule has 3 heterocycles. The SMILES string of the molecule is C[Si](OC[C@H]1O[C@@H](n2cnc3c(N)ncnc32)[C@@H](O[Si](C)(c2ccccc2)c2ccccc2)[C@@H]1O[Si](C)(c1ccccc1)c1ccccc1)(c1ccccc1)c1ccccc1. The predicted octanol–water partition coefficient (Wildman–Crippen LogP) is 5.26. The van der Waals surface area contributed by atoms with Gasteiger partial charge in [-0.2, -0.15) is 0 Å². The molecule has 1 aliphatic rings. The molecule has 0 radical (unpaired) electrons. The fourth-order valence-corrected chi connectivity index (χ4v) is 17.6. The Balaban J connectivity index is 1.23. The Kier molecular flexibility index (Phi) is 11.5. The van der Waals surface area contributed by atoms with Crippen LogP contribution in [0.1, 0.15) is 6.23 Å². The van der Waals surface area contributed by atoms with Crippen LogP contribution >= 0.6 is 0 Å². The first-order valence-electron chi connectivity index (χ1n) is 20.7. The van der Waals surface area contributed by atoms with Crippen LogP contribution in [-0.2, 0) is 18.0 Å². The second-order valence-corrected chi connectivity index (χ2v) is 26.3. The molecule has 0 aliphatic carbocycles. The third-order valence-corrected chi connectivity index (χ3v) is 23.0. The van der Waals surface area contributed by atoms with Crippen LogP contribution in [0.4, 0.5) is 5.82 Å². The minimum Gasteiger partial charge on any atom is -0.405 e. The maximum Gasteiger partial charge on any atom is 0.253 e. The minimum absolute atomic E-state index is 0.236. The second kappa shape index (κ2) is 17.3. The molecule has 0 amide bonds. The van der Waals surface area contributed by atoms with Gasteiger partial charge in [-0.1, -0.05) is 182 Å². The Labute approximate surface area is 360 Å². The number of hydrogen-bond acceptors (Lipinski definition) is 8. The highest BCUT2D eigenvalue weighted by Crippen LogP contribution is 2.39. The van der Waals surface area contributed by atoms with Gasteiger partial charge < -0.3 is 23.7 Å². The monoisotopic (exact) mass is 855 g/mol. The number of nitrogen functional groups attached to an aromatic ring is 1. The van der Waals surface area contributed by atoms with E-state index in [-0.39, 0.29) is 6.61 Å². The molecule has 1 saturated heterocycles. The largest absolute Gasteiger partial charge is 0.405 e. The average molecular weight is 856 g/mol. The van der Waals surface area contributed by atoms with Crippen molar-refractivity contribution in [3.8, 4) is 0 Å². The van der Waals surface area contributed by atoms with Crippen LogP contribution in [0.5, 0.6) is 0 Å². The van der Waals surface area contributed by atoms with Gasteiger partial charge in [-0.25, -0.2) is 15.0 Å². The summed E-state index contributed by atoms with van der Waals surface area (Å²) in [6.07, 6.45) is 0.590. The van der Waals surface area contributed by atoms with Gasteiger partial charge in [0.2, 0.25) is 0 Å². The number of imidazole rings is 1. The number of nitrogens with two attached hydrogens (primary N) is 1. The molecule has 6 aromatic carbocycles. The zero-order valence-corrected chi connectivity index (χ0v) is 37.5. The molecule has 306 valence electrons. The van der Waals surface area contributed by atoms with Gasteiger partial charge in [-0.15, -0.1) is 0 Å². The molecule has 12 heteroatoms. The van der Waals surface area contributed by atoms with E-state index in [0.717, 1.165) is 31.1 Å². The van der Waals surface area contributed by atoms with E-state index in [0.29, 0.717) is 17.0 Å². The number of aromatic nitrogens is 4. The standard InChI is InChI=1S/C49H49N5O4Si3/c1-59(37-22-10-4-11-23-37,38-24-12-5-13-25-38)55-34-43-45(57-60(2,39-26-14-6-15-27-39)40-28-16-7-17-29-40)46(49(56-43)54-36-53-44-47(50)51-35-52-48(44)54)58-61(3,41-30-18-8-19-31-41)42-32-20-9-21-33-42/h4-33,35-36,43,45-46,49H,34H2,1-3H3,(H2,50,51,52)/t43-,45-,46+,49-/m1/s1. The smallest absolute Gasteiger partial charge is 0.253 e. The Hall–Kier alpha value is -5.84. The van der Waals surface area contributed by atoms with Gasteiger partial charge in [0.1, 0.15) is 30.2 Å². The number of anilines is 1. The van der Waals surface area contributed by atoms with E-state index >= 15 is 0 Å². The van der Waals surface area contributed by atoms with E-state index in [1.807, 2.05) is 41.0 Å². The molecule has 0 bridgehead atoms. The molecule has 0 unspecified atom stereocenters. The summed E-state index contributed by atoms with van der Waals surface area (Å²) >= 11 is 0. The molecular formula is C49H49N5O4Si3. The van der Waals surface area contributed by atoms with E-state index in [4.69, 9.17) is 33.7 Å². The lowest BCUT2D eigenvalue weighted by atomic mass is 10.1. The lowest BCUT2D eigenvalue weighted by molar-refractivity contribution is -0.0448. The molecule has 1 fully saturated rings. The topological polar surface area (TPSA) is 107 Å². The van der Waals surface area contributed by atoms with E-state index in [1.165, 1.54) is 6.33 Å². The second-order valence-electron chi connectivity index (χ2n) is 15.9. The first kappa shape index (κ1) is 40.6. The van der Waals surface area contributed by atoms with Gasteiger partial charge in [0, 0.05) is 0 Å². The van der Waals surface area contributed by atoms with Crippen molar-refractivity contribution in [2.24, 2.45) is 0 Å². The Morgan fingerprint density at radius 1 is 0.508 bits per heavy atom. The van der Waals surface area contributed by atoms with Crippen molar-refractivity contribution in [3.05, 3.63) is 195 Å².